The van der Waals surface area contributed by atoms with E-state index in [1.807, 2.05) is 12.4 Å². The van der Waals surface area contributed by atoms with Crippen LogP contribution in [0.4, 0.5) is 0 Å². The Morgan fingerprint density at radius 1 is 1.29 bits per heavy atom. The van der Waals surface area contributed by atoms with Gasteiger partial charge in [-0.1, -0.05) is 0 Å². The number of hydrogen-bond donors (Lipinski definition) is 1. The molecule has 1 aliphatic rings. The predicted octanol–water partition coefficient (Wildman–Crippen LogP) is 2.17. The van der Waals surface area contributed by atoms with Crippen molar-refractivity contribution in [2.75, 3.05) is 19.7 Å². The van der Waals surface area contributed by atoms with Crippen LogP contribution in [0.25, 0.3) is 0 Å². The number of pyridine rings is 1. The van der Waals surface area contributed by atoms with Gasteiger partial charge in [0.15, 0.2) is 0 Å². The van der Waals surface area contributed by atoms with E-state index in [4.69, 9.17) is 4.74 Å². The zero-order valence-electron chi connectivity index (χ0n) is 10.4. The Balaban J connectivity index is 1.46. The third-order valence-electron chi connectivity index (χ3n) is 3.24. The quantitative estimate of drug-likeness (QED) is 0.734. The van der Waals surface area contributed by atoms with Gasteiger partial charge in [-0.3, -0.25) is 4.98 Å². The SMILES string of the molecule is c1cc(CCNCCCC2CCCO2)ccn1. The van der Waals surface area contributed by atoms with Gasteiger partial charge in [0.2, 0.25) is 0 Å². The van der Waals surface area contributed by atoms with Gasteiger partial charge in [-0.25, -0.2) is 0 Å². The van der Waals surface area contributed by atoms with Gasteiger partial charge in [0.05, 0.1) is 6.10 Å². The first-order valence-corrected chi connectivity index (χ1v) is 6.66. The number of hydrogen-bond acceptors (Lipinski definition) is 3. The molecule has 94 valence electrons. The molecule has 1 aromatic heterocycles. The van der Waals surface area contributed by atoms with E-state index in [2.05, 4.69) is 22.4 Å². The lowest BCUT2D eigenvalue weighted by molar-refractivity contribution is 0.102. The Bertz CT molecular complexity index is 296. The first-order chi connectivity index (χ1) is 8.45. The van der Waals surface area contributed by atoms with E-state index in [9.17, 15) is 0 Å². The van der Waals surface area contributed by atoms with E-state index in [1.54, 1.807) is 0 Å². The van der Waals surface area contributed by atoms with Crippen LogP contribution in [0.1, 0.15) is 31.2 Å². The molecular weight excluding hydrogens is 212 g/mol. The summed E-state index contributed by atoms with van der Waals surface area (Å²) in [6.45, 7) is 3.13. The Labute approximate surface area is 104 Å². The van der Waals surface area contributed by atoms with E-state index < -0.39 is 0 Å². The third-order valence-corrected chi connectivity index (χ3v) is 3.24. The van der Waals surface area contributed by atoms with Gasteiger partial charge in [-0.2, -0.15) is 0 Å². The van der Waals surface area contributed by atoms with Gasteiger partial charge < -0.3 is 10.1 Å². The molecule has 0 spiro atoms. The van der Waals surface area contributed by atoms with Crippen molar-refractivity contribution < 1.29 is 4.74 Å². The molecule has 17 heavy (non-hydrogen) atoms. The maximum absolute atomic E-state index is 5.59. The molecule has 1 fully saturated rings. The van der Waals surface area contributed by atoms with Gasteiger partial charge in [0.25, 0.3) is 0 Å². The van der Waals surface area contributed by atoms with Gasteiger partial charge >= 0.3 is 0 Å². The van der Waals surface area contributed by atoms with Crippen molar-refractivity contribution in [2.24, 2.45) is 0 Å². The minimum absolute atomic E-state index is 0.539. The summed E-state index contributed by atoms with van der Waals surface area (Å²) in [6.07, 6.45) is 10.3. The van der Waals surface area contributed by atoms with Crippen molar-refractivity contribution >= 4 is 0 Å². The van der Waals surface area contributed by atoms with Crippen molar-refractivity contribution in [3.8, 4) is 0 Å². The van der Waals surface area contributed by atoms with Crippen LogP contribution >= 0.6 is 0 Å². The second-order valence-electron chi connectivity index (χ2n) is 4.63. The molecule has 0 aliphatic carbocycles. The van der Waals surface area contributed by atoms with Crippen molar-refractivity contribution in [3.05, 3.63) is 30.1 Å². The van der Waals surface area contributed by atoms with Gasteiger partial charge in [0, 0.05) is 19.0 Å². The van der Waals surface area contributed by atoms with Crippen molar-refractivity contribution in [1.29, 1.82) is 0 Å². The fourth-order valence-electron chi connectivity index (χ4n) is 2.23. The van der Waals surface area contributed by atoms with Gasteiger partial charge in [-0.05, 0) is 62.9 Å². The molecule has 0 amide bonds. The second-order valence-corrected chi connectivity index (χ2v) is 4.63. The predicted molar refractivity (Wildman–Crippen MR) is 69.0 cm³/mol. The molecule has 1 aliphatic heterocycles. The molecule has 3 nitrogen and oxygen atoms in total. The lowest BCUT2D eigenvalue weighted by Gasteiger charge is -2.09. The Morgan fingerprint density at radius 2 is 2.18 bits per heavy atom. The van der Waals surface area contributed by atoms with E-state index in [1.165, 1.54) is 31.2 Å². The number of rotatable bonds is 7. The van der Waals surface area contributed by atoms with Crippen molar-refractivity contribution in [2.45, 2.75) is 38.2 Å². The summed E-state index contributed by atoms with van der Waals surface area (Å²) in [5.74, 6) is 0. The number of nitrogens with zero attached hydrogens (tertiary/aromatic N) is 1. The molecule has 1 N–H and O–H groups in total. The summed E-state index contributed by atoms with van der Waals surface area (Å²) in [7, 11) is 0. The third kappa shape index (κ3) is 4.84. The zero-order valence-corrected chi connectivity index (χ0v) is 10.4. The highest BCUT2D eigenvalue weighted by atomic mass is 16.5. The van der Waals surface area contributed by atoms with Crippen LogP contribution in [-0.4, -0.2) is 30.8 Å². The van der Waals surface area contributed by atoms with Crippen LogP contribution in [-0.2, 0) is 11.2 Å². The maximum Gasteiger partial charge on any atom is 0.0576 e. The summed E-state index contributed by atoms with van der Waals surface area (Å²) >= 11 is 0. The molecule has 0 radical (unpaired) electrons. The van der Waals surface area contributed by atoms with E-state index in [0.29, 0.717) is 6.10 Å². The zero-order chi connectivity index (χ0) is 11.8. The lowest BCUT2D eigenvalue weighted by Crippen LogP contribution is -2.20. The first kappa shape index (κ1) is 12.5. The second kappa shape index (κ2) is 7.41. The summed E-state index contributed by atoms with van der Waals surface area (Å²) in [5, 5.41) is 3.48. The molecule has 3 heteroatoms. The molecule has 1 aromatic rings. The molecule has 2 heterocycles. The summed E-state index contributed by atoms with van der Waals surface area (Å²) in [6, 6.07) is 4.15. The highest BCUT2D eigenvalue weighted by Gasteiger charge is 2.14. The normalized spacial score (nSPS) is 19.6. The summed E-state index contributed by atoms with van der Waals surface area (Å²) in [5.41, 5.74) is 1.35. The average Bonchev–Trinajstić information content (AvgIpc) is 2.88. The minimum Gasteiger partial charge on any atom is -0.378 e. The summed E-state index contributed by atoms with van der Waals surface area (Å²) in [4.78, 5) is 4.01. The minimum atomic E-state index is 0.539. The number of ether oxygens (including phenoxy) is 1. The van der Waals surface area contributed by atoms with Gasteiger partial charge in [-0.15, -0.1) is 0 Å². The fraction of sp³-hybridized carbons (Fsp3) is 0.643. The molecule has 0 bridgehead atoms. The Kier molecular flexibility index (Phi) is 5.46. The first-order valence-electron chi connectivity index (χ1n) is 6.66. The highest BCUT2D eigenvalue weighted by molar-refractivity contribution is 5.09. The number of aromatic nitrogens is 1. The molecule has 1 atom stereocenters. The van der Waals surface area contributed by atoms with Crippen molar-refractivity contribution in [1.82, 2.24) is 10.3 Å². The molecule has 1 unspecified atom stereocenters. The van der Waals surface area contributed by atoms with Crippen LogP contribution in [0.3, 0.4) is 0 Å². The average molecular weight is 234 g/mol. The largest absolute Gasteiger partial charge is 0.378 e. The van der Waals surface area contributed by atoms with E-state index in [0.717, 1.165) is 26.1 Å². The standard InChI is InChI=1S/C14H22N2O/c1(3-14-4-2-12-17-14)8-15-9-5-13-6-10-16-11-7-13/h6-7,10-11,14-15H,1-5,8-9,12H2. The Hall–Kier alpha value is -0.930. The van der Waals surface area contributed by atoms with Crippen LogP contribution in [0.15, 0.2) is 24.5 Å². The number of nitrogens with one attached hydrogen (secondary N) is 1. The lowest BCUT2D eigenvalue weighted by atomic mass is 10.1. The topological polar surface area (TPSA) is 34.1 Å². The van der Waals surface area contributed by atoms with E-state index in [-0.39, 0.29) is 0 Å². The van der Waals surface area contributed by atoms with Crippen LogP contribution in [0, 0.1) is 0 Å². The van der Waals surface area contributed by atoms with Crippen LogP contribution in [0.5, 0.6) is 0 Å². The van der Waals surface area contributed by atoms with Gasteiger partial charge in [0.1, 0.15) is 0 Å². The van der Waals surface area contributed by atoms with Crippen molar-refractivity contribution in [3.63, 3.8) is 0 Å². The smallest absolute Gasteiger partial charge is 0.0576 e. The van der Waals surface area contributed by atoms with E-state index >= 15 is 0 Å². The highest BCUT2D eigenvalue weighted by Crippen LogP contribution is 2.16. The summed E-state index contributed by atoms with van der Waals surface area (Å²) < 4.78 is 5.59. The molecule has 0 aromatic carbocycles. The molecule has 0 saturated carbocycles. The fourth-order valence-corrected chi connectivity index (χ4v) is 2.23. The van der Waals surface area contributed by atoms with Crippen LogP contribution < -0.4 is 5.32 Å². The monoisotopic (exact) mass is 234 g/mol. The molecule has 2 rings (SSSR count). The molecule has 1 saturated heterocycles. The van der Waals surface area contributed by atoms with Crippen LogP contribution in [0.2, 0.25) is 0 Å². The molecular formula is C14H22N2O. The Morgan fingerprint density at radius 3 is 2.94 bits per heavy atom. The maximum atomic E-state index is 5.59.